The predicted molar refractivity (Wildman–Crippen MR) is 69.7 cm³/mol. The number of ether oxygens (including phenoxy) is 1. The Morgan fingerprint density at radius 2 is 2.16 bits per heavy atom. The third-order valence-electron chi connectivity index (χ3n) is 3.90. The Hall–Kier alpha value is -1.11. The molecule has 6 nitrogen and oxygen atoms in total. The lowest BCUT2D eigenvalue weighted by atomic mass is 9.95. The Labute approximate surface area is 117 Å². The van der Waals surface area contributed by atoms with E-state index in [4.69, 9.17) is 27.9 Å². The number of fused-ring (bicyclic) bond motifs is 3. The van der Waals surface area contributed by atoms with Crippen molar-refractivity contribution in [2.75, 3.05) is 0 Å². The van der Waals surface area contributed by atoms with Gasteiger partial charge in [0.15, 0.2) is 10.8 Å². The molecule has 0 amide bonds. The van der Waals surface area contributed by atoms with E-state index in [1.807, 2.05) is 0 Å². The molecule has 0 aliphatic carbocycles. The Balaban J connectivity index is 1.94. The van der Waals surface area contributed by atoms with Crippen molar-refractivity contribution in [3.8, 4) is 0 Å². The number of halogens is 2. The second kappa shape index (κ2) is 3.94. The Kier molecular flexibility index (Phi) is 2.43. The van der Waals surface area contributed by atoms with Crippen molar-refractivity contribution in [2.45, 2.75) is 37.5 Å². The summed E-state index contributed by atoms with van der Waals surface area (Å²) in [6.45, 7) is 0. The Bertz CT molecular complexity index is 725. The van der Waals surface area contributed by atoms with E-state index in [2.05, 4.69) is 15.0 Å². The number of rotatable bonds is 1. The first kappa shape index (κ1) is 11.7. The van der Waals surface area contributed by atoms with Gasteiger partial charge >= 0.3 is 5.69 Å². The standard InChI is InChI=1S/C11H10Cl2N4O2/c12-8-7-9(16-10(13)15-8)17(11(18)14-7)5-3-4-1-2-6(5)19-4/h4-6H,1-3H2,(H,14,18)/t4?,5-,6?/m0/s1. The van der Waals surface area contributed by atoms with Crippen LogP contribution in [0.3, 0.4) is 0 Å². The first-order chi connectivity index (χ1) is 9.13. The third kappa shape index (κ3) is 1.63. The molecule has 1 N–H and O–H groups in total. The zero-order valence-electron chi connectivity index (χ0n) is 9.77. The van der Waals surface area contributed by atoms with E-state index in [0.717, 1.165) is 19.3 Å². The molecule has 2 fully saturated rings. The molecule has 2 aliphatic rings. The number of aromatic nitrogens is 4. The molecule has 2 aliphatic heterocycles. The van der Waals surface area contributed by atoms with Crippen LogP contribution in [0.25, 0.3) is 11.2 Å². The number of nitrogens with zero attached hydrogens (tertiary/aromatic N) is 3. The molecule has 2 saturated heterocycles. The van der Waals surface area contributed by atoms with Gasteiger partial charge in [0.2, 0.25) is 5.28 Å². The summed E-state index contributed by atoms with van der Waals surface area (Å²) in [4.78, 5) is 22.8. The van der Waals surface area contributed by atoms with Gasteiger partial charge in [-0.25, -0.2) is 9.78 Å². The largest absolute Gasteiger partial charge is 0.373 e. The van der Waals surface area contributed by atoms with Crippen molar-refractivity contribution < 1.29 is 4.74 Å². The smallest absolute Gasteiger partial charge is 0.328 e. The van der Waals surface area contributed by atoms with Gasteiger partial charge in [0.25, 0.3) is 0 Å². The molecule has 100 valence electrons. The van der Waals surface area contributed by atoms with Crippen LogP contribution in [0.1, 0.15) is 25.3 Å². The molecule has 0 aromatic carbocycles. The molecule has 4 heterocycles. The SMILES string of the molecule is O=c1[nH]c2c(Cl)nc(Cl)nc2n1[C@H]1CC2CCC1O2. The Morgan fingerprint density at radius 1 is 1.32 bits per heavy atom. The molecule has 0 spiro atoms. The number of imidazole rings is 1. The van der Waals surface area contributed by atoms with E-state index in [-0.39, 0.29) is 34.4 Å². The molecule has 2 aromatic rings. The van der Waals surface area contributed by atoms with Crippen LogP contribution in [0.2, 0.25) is 10.4 Å². The van der Waals surface area contributed by atoms with Gasteiger partial charge in [-0.2, -0.15) is 4.98 Å². The first-order valence-corrected chi connectivity index (χ1v) is 6.88. The van der Waals surface area contributed by atoms with Gasteiger partial charge in [-0.3, -0.25) is 4.57 Å². The summed E-state index contributed by atoms with van der Waals surface area (Å²) in [5.74, 6) is 0. The van der Waals surface area contributed by atoms with Crippen LogP contribution >= 0.6 is 23.2 Å². The number of H-pyrrole nitrogens is 1. The number of hydrogen-bond donors (Lipinski definition) is 1. The Morgan fingerprint density at radius 3 is 2.84 bits per heavy atom. The lowest BCUT2D eigenvalue weighted by molar-refractivity contribution is 0.0939. The molecule has 19 heavy (non-hydrogen) atoms. The molecule has 2 unspecified atom stereocenters. The number of nitrogens with one attached hydrogen (secondary N) is 1. The van der Waals surface area contributed by atoms with Crippen LogP contribution in [0.5, 0.6) is 0 Å². The van der Waals surface area contributed by atoms with Crippen LogP contribution < -0.4 is 5.69 Å². The average molecular weight is 301 g/mol. The molecule has 3 atom stereocenters. The number of hydrogen-bond acceptors (Lipinski definition) is 4. The molecular weight excluding hydrogens is 291 g/mol. The lowest BCUT2D eigenvalue weighted by Crippen LogP contribution is -2.29. The fourth-order valence-corrected chi connectivity index (χ4v) is 3.55. The van der Waals surface area contributed by atoms with Crippen LogP contribution in [-0.4, -0.2) is 31.7 Å². The van der Waals surface area contributed by atoms with Crippen LogP contribution in [-0.2, 0) is 4.74 Å². The van der Waals surface area contributed by atoms with E-state index >= 15 is 0 Å². The van der Waals surface area contributed by atoms with Crippen molar-refractivity contribution in [1.82, 2.24) is 19.5 Å². The highest BCUT2D eigenvalue weighted by Crippen LogP contribution is 2.42. The highest BCUT2D eigenvalue weighted by molar-refractivity contribution is 6.35. The minimum absolute atomic E-state index is 0.00188. The van der Waals surface area contributed by atoms with Gasteiger partial charge in [-0.1, -0.05) is 11.6 Å². The molecule has 8 heteroatoms. The zero-order valence-corrected chi connectivity index (χ0v) is 11.3. The van der Waals surface area contributed by atoms with E-state index < -0.39 is 0 Å². The highest BCUT2D eigenvalue weighted by atomic mass is 35.5. The van der Waals surface area contributed by atoms with Crippen LogP contribution in [0.15, 0.2) is 4.79 Å². The maximum Gasteiger partial charge on any atom is 0.328 e. The fraction of sp³-hybridized carbons (Fsp3) is 0.545. The van der Waals surface area contributed by atoms with Crippen LogP contribution in [0.4, 0.5) is 0 Å². The summed E-state index contributed by atoms with van der Waals surface area (Å²) in [5, 5.41) is 0.198. The molecule has 0 saturated carbocycles. The topological polar surface area (TPSA) is 72.8 Å². The summed E-state index contributed by atoms with van der Waals surface area (Å²) >= 11 is 11.8. The minimum atomic E-state index is -0.241. The summed E-state index contributed by atoms with van der Waals surface area (Å²) < 4.78 is 7.40. The maximum absolute atomic E-state index is 12.1. The summed E-state index contributed by atoms with van der Waals surface area (Å²) in [5.41, 5.74) is 0.643. The molecule has 0 radical (unpaired) electrons. The van der Waals surface area contributed by atoms with Gasteiger partial charge in [0.05, 0.1) is 18.2 Å². The summed E-state index contributed by atoms with van der Waals surface area (Å²) in [6.07, 6.45) is 3.20. The lowest BCUT2D eigenvalue weighted by Gasteiger charge is -2.19. The fourth-order valence-electron chi connectivity index (χ4n) is 3.13. The molecule has 2 aromatic heterocycles. The van der Waals surface area contributed by atoms with Gasteiger partial charge in [0, 0.05) is 0 Å². The van der Waals surface area contributed by atoms with Gasteiger partial charge in [0.1, 0.15) is 5.52 Å². The summed E-state index contributed by atoms with van der Waals surface area (Å²) in [7, 11) is 0. The molecule has 4 rings (SSSR count). The predicted octanol–water partition coefficient (Wildman–Crippen LogP) is 1.92. The second-order valence-corrected chi connectivity index (χ2v) is 5.66. The van der Waals surface area contributed by atoms with E-state index in [1.165, 1.54) is 0 Å². The maximum atomic E-state index is 12.1. The van der Waals surface area contributed by atoms with Gasteiger partial charge in [-0.05, 0) is 30.9 Å². The van der Waals surface area contributed by atoms with Crippen molar-refractivity contribution in [3.05, 3.63) is 20.9 Å². The first-order valence-electron chi connectivity index (χ1n) is 6.12. The van der Waals surface area contributed by atoms with Crippen molar-refractivity contribution in [1.29, 1.82) is 0 Å². The number of aromatic amines is 1. The third-order valence-corrected chi connectivity index (χ3v) is 4.35. The van der Waals surface area contributed by atoms with Crippen molar-refractivity contribution in [2.24, 2.45) is 0 Å². The minimum Gasteiger partial charge on any atom is -0.373 e. The van der Waals surface area contributed by atoms with Crippen molar-refractivity contribution in [3.63, 3.8) is 0 Å². The molecular formula is C11H10Cl2N4O2. The monoisotopic (exact) mass is 300 g/mol. The normalized spacial score (nSPS) is 29.5. The van der Waals surface area contributed by atoms with Crippen molar-refractivity contribution >= 4 is 34.4 Å². The zero-order chi connectivity index (χ0) is 13.1. The van der Waals surface area contributed by atoms with E-state index in [1.54, 1.807) is 4.57 Å². The van der Waals surface area contributed by atoms with E-state index in [9.17, 15) is 4.79 Å². The quantitative estimate of drug-likeness (QED) is 0.645. The van der Waals surface area contributed by atoms with Crippen LogP contribution in [0, 0.1) is 0 Å². The highest BCUT2D eigenvalue weighted by Gasteiger charge is 2.43. The van der Waals surface area contributed by atoms with E-state index in [0.29, 0.717) is 11.2 Å². The van der Waals surface area contributed by atoms with Gasteiger partial charge < -0.3 is 9.72 Å². The summed E-state index contributed by atoms with van der Waals surface area (Å²) in [6, 6.07) is 0.00188. The van der Waals surface area contributed by atoms with Gasteiger partial charge in [-0.15, -0.1) is 0 Å². The second-order valence-electron chi connectivity index (χ2n) is 4.96. The molecule has 2 bridgehead atoms. The average Bonchev–Trinajstić information content (AvgIpc) is 3.02.